The minimum atomic E-state index is -0.756. The fourth-order valence-electron chi connectivity index (χ4n) is 2.02. The molecule has 0 aromatic heterocycles. The first-order chi connectivity index (χ1) is 9.86. The summed E-state index contributed by atoms with van der Waals surface area (Å²) in [5.41, 5.74) is 8.40. The second-order valence-electron chi connectivity index (χ2n) is 5.07. The SMILES string of the molecule is COCC(N)C(=O)N(C)CC(=O)Nc1c(C)cccc1C.Cl. The summed E-state index contributed by atoms with van der Waals surface area (Å²) in [4.78, 5) is 25.2. The van der Waals surface area contributed by atoms with Gasteiger partial charge in [-0.25, -0.2) is 0 Å². The minimum absolute atomic E-state index is 0. The Hall–Kier alpha value is -1.63. The molecule has 1 aromatic rings. The highest BCUT2D eigenvalue weighted by molar-refractivity contribution is 5.96. The van der Waals surface area contributed by atoms with Gasteiger partial charge in [-0.2, -0.15) is 0 Å². The smallest absolute Gasteiger partial charge is 0.243 e. The maximum Gasteiger partial charge on any atom is 0.243 e. The molecular formula is C15H24ClN3O3. The summed E-state index contributed by atoms with van der Waals surface area (Å²) in [5, 5.41) is 2.83. The van der Waals surface area contributed by atoms with E-state index in [1.807, 2.05) is 32.0 Å². The van der Waals surface area contributed by atoms with Crippen LogP contribution in [0.4, 0.5) is 5.69 Å². The number of methoxy groups -OCH3 is 1. The Morgan fingerprint density at radius 2 is 1.86 bits per heavy atom. The Balaban J connectivity index is 0.00000441. The first-order valence-corrected chi connectivity index (χ1v) is 6.72. The quantitative estimate of drug-likeness (QED) is 0.818. The van der Waals surface area contributed by atoms with E-state index in [-0.39, 0.29) is 37.4 Å². The molecule has 1 rings (SSSR count). The lowest BCUT2D eigenvalue weighted by molar-refractivity contribution is -0.135. The summed E-state index contributed by atoms with van der Waals surface area (Å²) >= 11 is 0. The van der Waals surface area contributed by atoms with Crippen LogP contribution >= 0.6 is 12.4 Å². The van der Waals surface area contributed by atoms with Crippen molar-refractivity contribution >= 4 is 29.9 Å². The van der Waals surface area contributed by atoms with Crippen LogP contribution in [-0.4, -0.2) is 50.1 Å². The van der Waals surface area contributed by atoms with Gasteiger partial charge in [0, 0.05) is 19.8 Å². The molecule has 124 valence electrons. The van der Waals surface area contributed by atoms with Crippen molar-refractivity contribution < 1.29 is 14.3 Å². The second-order valence-corrected chi connectivity index (χ2v) is 5.07. The van der Waals surface area contributed by atoms with E-state index < -0.39 is 6.04 Å². The van der Waals surface area contributed by atoms with Gasteiger partial charge in [-0.3, -0.25) is 9.59 Å². The molecule has 0 aliphatic carbocycles. The molecule has 0 saturated heterocycles. The lowest BCUT2D eigenvalue weighted by Gasteiger charge is -2.21. The molecule has 0 fully saturated rings. The predicted octanol–water partition coefficient (Wildman–Crippen LogP) is 1.10. The van der Waals surface area contributed by atoms with Crippen LogP contribution < -0.4 is 11.1 Å². The molecule has 1 atom stereocenters. The molecule has 0 radical (unpaired) electrons. The number of hydrogen-bond donors (Lipinski definition) is 2. The largest absolute Gasteiger partial charge is 0.383 e. The molecule has 0 aliphatic heterocycles. The summed E-state index contributed by atoms with van der Waals surface area (Å²) in [6.45, 7) is 3.92. The third-order valence-electron chi connectivity index (χ3n) is 3.17. The van der Waals surface area contributed by atoms with Crippen LogP contribution in [0.1, 0.15) is 11.1 Å². The van der Waals surface area contributed by atoms with Crippen molar-refractivity contribution in [3.05, 3.63) is 29.3 Å². The van der Waals surface area contributed by atoms with E-state index in [9.17, 15) is 9.59 Å². The van der Waals surface area contributed by atoms with E-state index in [1.54, 1.807) is 7.05 Å². The van der Waals surface area contributed by atoms with Gasteiger partial charge in [-0.1, -0.05) is 18.2 Å². The van der Waals surface area contributed by atoms with Crippen LogP contribution in [0.15, 0.2) is 18.2 Å². The zero-order valence-electron chi connectivity index (χ0n) is 13.4. The predicted molar refractivity (Wildman–Crippen MR) is 89.3 cm³/mol. The van der Waals surface area contributed by atoms with E-state index >= 15 is 0 Å². The molecule has 0 spiro atoms. The molecule has 0 heterocycles. The van der Waals surface area contributed by atoms with Gasteiger partial charge in [0.15, 0.2) is 0 Å². The summed E-state index contributed by atoms with van der Waals surface area (Å²) in [6.07, 6.45) is 0. The maximum atomic E-state index is 12.0. The molecule has 1 unspecified atom stereocenters. The molecule has 0 saturated carbocycles. The number of benzene rings is 1. The Morgan fingerprint density at radius 1 is 1.32 bits per heavy atom. The number of halogens is 1. The average molecular weight is 330 g/mol. The number of hydrogen-bond acceptors (Lipinski definition) is 4. The molecule has 7 heteroatoms. The lowest BCUT2D eigenvalue weighted by Crippen LogP contribution is -2.46. The Bertz CT molecular complexity index is 503. The van der Waals surface area contributed by atoms with E-state index in [0.29, 0.717) is 0 Å². The minimum Gasteiger partial charge on any atom is -0.383 e. The van der Waals surface area contributed by atoms with Crippen molar-refractivity contribution in [1.82, 2.24) is 4.90 Å². The van der Waals surface area contributed by atoms with Gasteiger partial charge in [0.1, 0.15) is 6.04 Å². The highest BCUT2D eigenvalue weighted by Gasteiger charge is 2.20. The number of carbonyl (C=O) groups is 2. The number of nitrogens with two attached hydrogens (primary N) is 1. The van der Waals surface area contributed by atoms with Crippen molar-refractivity contribution in [1.29, 1.82) is 0 Å². The van der Waals surface area contributed by atoms with E-state index in [4.69, 9.17) is 10.5 Å². The molecule has 3 N–H and O–H groups in total. The number of aryl methyl sites for hydroxylation is 2. The second kappa shape index (κ2) is 9.40. The van der Waals surface area contributed by atoms with Crippen LogP contribution in [-0.2, 0) is 14.3 Å². The summed E-state index contributed by atoms with van der Waals surface area (Å²) < 4.78 is 4.83. The topological polar surface area (TPSA) is 84.7 Å². The normalized spacial score (nSPS) is 11.3. The van der Waals surface area contributed by atoms with E-state index in [2.05, 4.69) is 5.32 Å². The van der Waals surface area contributed by atoms with Crippen molar-refractivity contribution in [2.75, 3.05) is 32.6 Å². The molecule has 22 heavy (non-hydrogen) atoms. The van der Waals surface area contributed by atoms with E-state index in [1.165, 1.54) is 12.0 Å². The fourth-order valence-corrected chi connectivity index (χ4v) is 2.02. The summed E-state index contributed by atoms with van der Waals surface area (Å²) in [5.74, 6) is -0.582. The van der Waals surface area contributed by atoms with Crippen LogP contribution in [0.2, 0.25) is 0 Å². The average Bonchev–Trinajstić information content (AvgIpc) is 2.42. The first-order valence-electron chi connectivity index (χ1n) is 6.72. The molecule has 6 nitrogen and oxygen atoms in total. The Kier molecular flexibility index (Phi) is 8.70. The molecule has 1 aromatic carbocycles. The molecular weight excluding hydrogens is 306 g/mol. The maximum absolute atomic E-state index is 12.0. The van der Waals surface area contributed by atoms with E-state index in [0.717, 1.165) is 16.8 Å². The molecule has 0 bridgehead atoms. The number of anilines is 1. The van der Waals surface area contributed by atoms with Crippen molar-refractivity contribution in [3.8, 4) is 0 Å². The van der Waals surface area contributed by atoms with Crippen molar-refractivity contribution in [2.45, 2.75) is 19.9 Å². The van der Waals surface area contributed by atoms with Crippen molar-refractivity contribution in [2.24, 2.45) is 5.73 Å². The van der Waals surface area contributed by atoms with Crippen LogP contribution in [0.25, 0.3) is 0 Å². The fraction of sp³-hybridized carbons (Fsp3) is 0.467. The number of nitrogens with zero attached hydrogens (tertiary/aromatic N) is 1. The number of ether oxygens (including phenoxy) is 1. The Morgan fingerprint density at radius 3 is 2.36 bits per heavy atom. The summed E-state index contributed by atoms with van der Waals surface area (Å²) in [7, 11) is 3.02. The zero-order chi connectivity index (χ0) is 16.0. The van der Waals surface area contributed by atoms with Crippen LogP contribution in [0.5, 0.6) is 0 Å². The van der Waals surface area contributed by atoms with Crippen molar-refractivity contribution in [3.63, 3.8) is 0 Å². The standard InChI is InChI=1S/C15H23N3O3.ClH/c1-10-6-5-7-11(2)14(10)17-13(19)8-18(3)15(20)12(16)9-21-4;/h5-7,12H,8-9,16H2,1-4H3,(H,17,19);1H. The van der Waals surface area contributed by atoms with Gasteiger partial charge >= 0.3 is 0 Å². The Labute approximate surface area is 137 Å². The highest BCUT2D eigenvalue weighted by atomic mass is 35.5. The van der Waals surface area contributed by atoms with Gasteiger partial charge in [0.05, 0.1) is 13.2 Å². The van der Waals surface area contributed by atoms with Crippen LogP contribution in [0.3, 0.4) is 0 Å². The third-order valence-corrected chi connectivity index (χ3v) is 3.17. The third kappa shape index (κ3) is 5.63. The number of carbonyl (C=O) groups excluding carboxylic acids is 2. The lowest BCUT2D eigenvalue weighted by atomic mass is 10.1. The molecule has 0 aliphatic rings. The van der Waals surface area contributed by atoms with Gasteiger partial charge in [-0.15, -0.1) is 12.4 Å². The van der Waals surface area contributed by atoms with Gasteiger partial charge in [0.2, 0.25) is 11.8 Å². The van der Waals surface area contributed by atoms with Gasteiger partial charge in [-0.05, 0) is 25.0 Å². The zero-order valence-corrected chi connectivity index (χ0v) is 14.2. The molecule has 2 amide bonds. The monoisotopic (exact) mass is 329 g/mol. The number of rotatable bonds is 6. The summed E-state index contributed by atoms with van der Waals surface area (Å²) in [6, 6.07) is 5.02. The first kappa shape index (κ1) is 20.4. The number of nitrogens with one attached hydrogen (secondary N) is 1. The number of para-hydroxylation sites is 1. The van der Waals surface area contributed by atoms with Gasteiger partial charge in [0.25, 0.3) is 0 Å². The number of amides is 2. The van der Waals surface area contributed by atoms with Gasteiger partial charge < -0.3 is 20.7 Å². The number of likely N-dealkylation sites (N-methyl/N-ethyl adjacent to an activating group) is 1. The highest BCUT2D eigenvalue weighted by Crippen LogP contribution is 2.19. The van der Waals surface area contributed by atoms with Crippen LogP contribution in [0, 0.1) is 13.8 Å².